The fraction of sp³-hybridized carbons (Fsp3) is 0.167. The lowest BCUT2D eigenvalue weighted by Gasteiger charge is -2.22. The van der Waals surface area contributed by atoms with Gasteiger partial charge in [0.1, 0.15) is 18.1 Å². The maximum atomic E-state index is 13.3. The number of ether oxygens (including phenoxy) is 1. The second-order valence-electron chi connectivity index (χ2n) is 9.22. The van der Waals surface area contributed by atoms with E-state index in [9.17, 15) is 19.5 Å². The molecule has 1 aliphatic rings. The first-order valence-corrected chi connectivity index (χ1v) is 13.0. The summed E-state index contributed by atoms with van der Waals surface area (Å²) in [7, 11) is 0. The maximum Gasteiger partial charge on any atom is 0.301 e. The molecule has 4 aromatic rings. The van der Waals surface area contributed by atoms with E-state index in [1.807, 2.05) is 31.2 Å². The third-order valence-electron chi connectivity index (χ3n) is 6.37. The van der Waals surface area contributed by atoms with Gasteiger partial charge in [-0.15, -0.1) is 0 Å². The molecule has 0 saturated carbocycles. The first-order valence-electron chi connectivity index (χ1n) is 12.2. The zero-order valence-corrected chi connectivity index (χ0v) is 22.4. The number of aliphatic hydroxyl groups is 1. The highest BCUT2D eigenvalue weighted by Crippen LogP contribution is 2.43. The van der Waals surface area contributed by atoms with Crippen LogP contribution in [0.1, 0.15) is 50.6 Å². The minimum Gasteiger partial charge on any atom is -0.507 e. The third kappa shape index (κ3) is 5.08. The van der Waals surface area contributed by atoms with Crippen LogP contribution in [-0.4, -0.2) is 32.5 Å². The molecule has 1 aliphatic heterocycles. The zero-order chi connectivity index (χ0) is 27.7. The van der Waals surface area contributed by atoms with Crippen molar-refractivity contribution < 1.29 is 24.2 Å². The van der Waals surface area contributed by atoms with Gasteiger partial charge in [0.05, 0.1) is 22.2 Å². The van der Waals surface area contributed by atoms with E-state index in [2.05, 4.69) is 9.97 Å². The number of hydrogen-bond donors (Lipinski definition) is 1. The van der Waals surface area contributed by atoms with Crippen LogP contribution >= 0.6 is 11.3 Å². The van der Waals surface area contributed by atoms with Gasteiger partial charge in [-0.1, -0.05) is 47.2 Å². The Morgan fingerprint density at radius 3 is 2.49 bits per heavy atom. The van der Waals surface area contributed by atoms with Crippen molar-refractivity contribution in [2.75, 3.05) is 4.90 Å². The second kappa shape index (κ2) is 10.6. The van der Waals surface area contributed by atoms with Crippen LogP contribution < -0.4 is 9.64 Å². The molecule has 9 heteroatoms. The summed E-state index contributed by atoms with van der Waals surface area (Å²) in [5.74, 6) is -1.61. The molecule has 1 amide bonds. The highest BCUT2D eigenvalue weighted by Gasteiger charge is 2.48. The monoisotopic (exact) mass is 539 g/mol. The number of nitrogens with zero attached hydrogens (tertiary/aromatic N) is 3. The molecule has 2 aromatic heterocycles. The quantitative estimate of drug-likeness (QED) is 0.142. The van der Waals surface area contributed by atoms with Crippen LogP contribution in [0, 0.1) is 13.8 Å². The molecule has 0 aliphatic carbocycles. The largest absolute Gasteiger partial charge is 0.507 e. The van der Waals surface area contributed by atoms with Gasteiger partial charge >= 0.3 is 5.91 Å². The van der Waals surface area contributed by atoms with Crippen molar-refractivity contribution in [1.29, 1.82) is 0 Å². The Hall–Kier alpha value is -4.63. The smallest absolute Gasteiger partial charge is 0.301 e. The van der Waals surface area contributed by atoms with E-state index >= 15 is 0 Å². The fourth-order valence-electron chi connectivity index (χ4n) is 4.53. The van der Waals surface area contributed by atoms with Gasteiger partial charge in [-0.2, -0.15) is 0 Å². The highest BCUT2D eigenvalue weighted by atomic mass is 32.1. The molecule has 1 unspecified atom stereocenters. The number of aliphatic hydroxyl groups excluding tert-OH is 1. The summed E-state index contributed by atoms with van der Waals surface area (Å²) in [6.45, 7) is 5.50. The number of pyridine rings is 1. The molecule has 1 fully saturated rings. The predicted molar refractivity (Wildman–Crippen MR) is 148 cm³/mol. The van der Waals surface area contributed by atoms with Crippen LogP contribution in [-0.2, 0) is 16.2 Å². The van der Waals surface area contributed by atoms with Crippen molar-refractivity contribution in [3.8, 4) is 5.75 Å². The summed E-state index contributed by atoms with van der Waals surface area (Å²) in [6, 6.07) is 17.1. The first kappa shape index (κ1) is 26.0. The van der Waals surface area contributed by atoms with Crippen LogP contribution in [0.3, 0.4) is 0 Å². The molecule has 1 N–H and O–H groups in total. The number of aromatic nitrogens is 2. The molecule has 3 heterocycles. The number of aryl methyl sites for hydroxylation is 2. The maximum absolute atomic E-state index is 13.3. The normalized spacial score (nSPS) is 16.5. The molecule has 1 atom stereocenters. The molecule has 1 saturated heterocycles. The number of benzene rings is 2. The Morgan fingerprint density at radius 1 is 1.08 bits per heavy atom. The van der Waals surface area contributed by atoms with Gasteiger partial charge in [0, 0.05) is 24.9 Å². The van der Waals surface area contributed by atoms with Crippen LogP contribution in [0.25, 0.3) is 5.76 Å². The molecule has 0 spiro atoms. The summed E-state index contributed by atoms with van der Waals surface area (Å²) >= 11 is 1.04. The average molecular weight is 540 g/mol. The molecule has 0 radical (unpaired) electrons. The van der Waals surface area contributed by atoms with Crippen LogP contribution in [0.2, 0.25) is 0 Å². The number of carbonyl (C=O) groups excluding carboxylic acids is 3. The minimum atomic E-state index is -0.971. The molecule has 0 bridgehead atoms. The summed E-state index contributed by atoms with van der Waals surface area (Å²) in [6.07, 6.45) is 3.11. The van der Waals surface area contributed by atoms with Gasteiger partial charge in [0.2, 0.25) is 0 Å². The zero-order valence-electron chi connectivity index (χ0n) is 21.5. The first-order chi connectivity index (χ1) is 18.7. The molecule has 8 nitrogen and oxygen atoms in total. The van der Waals surface area contributed by atoms with E-state index in [1.54, 1.807) is 49.5 Å². The minimum absolute atomic E-state index is 0.0846. The van der Waals surface area contributed by atoms with Crippen LogP contribution in [0.5, 0.6) is 5.75 Å². The lowest BCUT2D eigenvalue weighted by molar-refractivity contribution is -0.132. The van der Waals surface area contributed by atoms with Gasteiger partial charge in [-0.25, -0.2) is 4.98 Å². The average Bonchev–Trinajstić information content (AvgIpc) is 3.44. The van der Waals surface area contributed by atoms with Gasteiger partial charge in [-0.05, 0) is 55.3 Å². The number of anilines is 1. The lowest BCUT2D eigenvalue weighted by atomic mass is 9.96. The van der Waals surface area contributed by atoms with Crippen molar-refractivity contribution in [1.82, 2.24) is 9.97 Å². The standard InChI is InChI=1S/C30H25N3O5S/c1-17-6-4-7-20(14-17)16-38-23-11-9-21(10-12-23)26(35)24-25(22-8-5-13-31-15-22)33(29(37)27(24)36)30-32-18(2)28(39-30)19(3)34/h4-15,25,35H,16H2,1-3H3/b26-24+. The molecule has 39 heavy (non-hydrogen) atoms. The fourth-order valence-corrected chi connectivity index (χ4v) is 5.52. The van der Waals surface area contributed by atoms with E-state index in [-0.39, 0.29) is 22.2 Å². The van der Waals surface area contributed by atoms with Crippen LogP contribution in [0.4, 0.5) is 5.13 Å². The Kier molecular flexibility index (Phi) is 7.08. The number of ketones is 2. The number of hydrogen-bond acceptors (Lipinski definition) is 8. The van der Waals surface area contributed by atoms with Crippen LogP contribution in [0.15, 0.2) is 78.6 Å². The Bertz CT molecular complexity index is 1610. The summed E-state index contributed by atoms with van der Waals surface area (Å²) in [5, 5.41) is 11.5. The summed E-state index contributed by atoms with van der Waals surface area (Å²) in [5.41, 5.74) is 3.43. The van der Waals surface area contributed by atoms with E-state index in [0.29, 0.717) is 34.1 Å². The van der Waals surface area contributed by atoms with Gasteiger partial charge in [0.15, 0.2) is 10.9 Å². The third-order valence-corrected chi connectivity index (χ3v) is 7.63. The molecule has 196 valence electrons. The van der Waals surface area contributed by atoms with E-state index < -0.39 is 17.7 Å². The number of Topliss-reactive ketones (excluding diaryl/α,β-unsaturated/α-hetero) is 2. The van der Waals surface area contributed by atoms with Crippen molar-refractivity contribution in [2.24, 2.45) is 0 Å². The van der Waals surface area contributed by atoms with Gasteiger partial charge in [-0.3, -0.25) is 24.3 Å². The van der Waals surface area contributed by atoms with Gasteiger partial charge < -0.3 is 9.84 Å². The van der Waals surface area contributed by atoms with Crippen molar-refractivity contribution in [2.45, 2.75) is 33.4 Å². The molecule has 2 aromatic carbocycles. The van der Waals surface area contributed by atoms with Crippen molar-refractivity contribution in [3.05, 3.63) is 111 Å². The number of amides is 1. The van der Waals surface area contributed by atoms with E-state index in [1.165, 1.54) is 18.0 Å². The van der Waals surface area contributed by atoms with Crippen molar-refractivity contribution in [3.63, 3.8) is 0 Å². The molecular formula is C30H25N3O5S. The Balaban J connectivity index is 1.51. The van der Waals surface area contributed by atoms with Crippen molar-refractivity contribution >= 4 is 39.7 Å². The lowest BCUT2D eigenvalue weighted by Crippen LogP contribution is -2.29. The summed E-state index contributed by atoms with van der Waals surface area (Å²) < 4.78 is 5.87. The van der Waals surface area contributed by atoms with Gasteiger partial charge in [0.25, 0.3) is 5.78 Å². The number of thiazole rings is 1. The molecule has 5 rings (SSSR count). The molecular weight excluding hydrogens is 514 g/mol. The summed E-state index contributed by atoms with van der Waals surface area (Å²) in [4.78, 5) is 48.9. The predicted octanol–water partition coefficient (Wildman–Crippen LogP) is 5.56. The number of carbonyl (C=O) groups is 3. The Morgan fingerprint density at radius 2 is 1.85 bits per heavy atom. The number of rotatable bonds is 7. The topological polar surface area (TPSA) is 110 Å². The Labute approximate surface area is 229 Å². The second-order valence-corrected chi connectivity index (χ2v) is 10.2. The van der Waals surface area contributed by atoms with E-state index in [0.717, 1.165) is 22.5 Å². The van der Waals surface area contributed by atoms with E-state index in [4.69, 9.17) is 4.74 Å². The SMILES string of the molecule is CC(=O)c1sc(N2C(=O)C(=O)/C(=C(/O)c3ccc(OCc4cccc(C)c4)cc3)C2c2cccnc2)nc1C. The highest BCUT2D eigenvalue weighted by molar-refractivity contribution is 7.18.